The zero-order valence-corrected chi connectivity index (χ0v) is 16.7. The molecule has 0 unspecified atom stereocenters. The number of fused-ring (bicyclic) bond motifs is 4. The number of pyridine rings is 1. The highest BCUT2D eigenvalue weighted by Crippen LogP contribution is 2.41. The maximum absolute atomic E-state index is 14.8. The van der Waals surface area contributed by atoms with Gasteiger partial charge in [0.1, 0.15) is 5.82 Å². The van der Waals surface area contributed by atoms with Crippen LogP contribution in [-0.4, -0.2) is 4.98 Å². The Morgan fingerprint density at radius 3 is 2.43 bits per heavy atom. The number of aryl methyl sites for hydroxylation is 1. The number of halogens is 3. The second-order valence-electron chi connectivity index (χ2n) is 6.97. The number of hydrogen-bond donors (Lipinski definition) is 0. The van der Waals surface area contributed by atoms with Gasteiger partial charge in [-0.3, -0.25) is 0 Å². The first-order valence-corrected chi connectivity index (χ1v) is 9.55. The third-order valence-corrected chi connectivity index (χ3v) is 5.57. The molecule has 0 N–H and O–H groups in total. The fraction of sp³-hybridized carbons (Fsp3) is 0.125. The Morgan fingerprint density at radius 1 is 0.857 bits per heavy atom. The summed E-state index contributed by atoms with van der Waals surface area (Å²) < 4.78 is 14.8. The standard InChI is InChI=1S/C24H17ClFN.ClH/c25-16-12-13-22-20(14-16)23(18-9-3-4-11-21(18)26)19-10-5-7-15-6-1-2-8-17(15)24(19)27-22;/h1-4,6,8-9,11-14H,5,7,10H2;1H. The first-order valence-electron chi connectivity index (χ1n) is 9.18. The van der Waals surface area contributed by atoms with Gasteiger partial charge in [-0.2, -0.15) is 0 Å². The summed E-state index contributed by atoms with van der Waals surface area (Å²) in [5.74, 6) is -0.218. The second kappa shape index (κ2) is 7.54. The average molecular weight is 410 g/mol. The Labute approximate surface area is 174 Å². The third kappa shape index (κ3) is 3.07. The Bertz CT molecular complexity index is 1190. The lowest BCUT2D eigenvalue weighted by atomic mass is 9.90. The Morgan fingerprint density at radius 2 is 1.61 bits per heavy atom. The van der Waals surface area contributed by atoms with Gasteiger partial charge in [-0.05, 0) is 60.2 Å². The van der Waals surface area contributed by atoms with Crippen molar-refractivity contribution in [1.29, 1.82) is 0 Å². The van der Waals surface area contributed by atoms with Crippen LogP contribution in [0.3, 0.4) is 0 Å². The van der Waals surface area contributed by atoms with Gasteiger partial charge in [0, 0.05) is 21.5 Å². The van der Waals surface area contributed by atoms with Crippen LogP contribution in [0.25, 0.3) is 33.3 Å². The summed E-state index contributed by atoms with van der Waals surface area (Å²) in [6.07, 6.45) is 2.88. The summed E-state index contributed by atoms with van der Waals surface area (Å²) >= 11 is 6.29. The first kappa shape index (κ1) is 18.9. The van der Waals surface area contributed by atoms with Crippen LogP contribution < -0.4 is 0 Å². The Kier molecular flexibility index (Phi) is 5.09. The van der Waals surface area contributed by atoms with Gasteiger partial charge in [0.25, 0.3) is 0 Å². The highest BCUT2D eigenvalue weighted by Gasteiger charge is 2.23. The van der Waals surface area contributed by atoms with E-state index in [2.05, 4.69) is 18.2 Å². The van der Waals surface area contributed by atoms with Gasteiger partial charge in [-0.1, -0.05) is 54.1 Å². The molecule has 5 rings (SSSR count). The van der Waals surface area contributed by atoms with Crippen molar-refractivity contribution in [2.75, 3.05) is 0 Å². The second-order valence-corrected chi connectivity index (χ2v) is 7.40. The number of aromatic nitrogens is 1. The number of hydrogen-bond acceptors (Lipinski definition) is 1. The number of benzene rings is 3. The minimum atomic E-state index is -0.218. The normalized spacial score (nSPS) is 12.6. The third-order valence-electron chi connectivity index (χ3n) is 5.34. The van der Waals surface area contributed by atoms with Crippen molar-refractivity contribution in [3.63, 3.8) is 0 Å². The molecule has 0 aliphatic heterocycles. The molecule has 0 fully saturated rings. The van der Waals surface area contributed by atoms with Crippen LogP contribution in [0.1, 0.15) is 17.5 Å². The molecule has 0 bridgehead atoms. The van der Waals surface area contributed by atoms with Crippen LogP contribution in [0, 0.1) is 5.82 Å². The zero-order valence-electron chi connectivity index (χ0n) is 15.1. The molecule has 1 aliphatic rings. The molecule has 0 radical (unpaired) electrons. The maximum Gasteiger partial charge on any atom is 0.131 e. The number of nitrogens with zero attached hydrogens (tertiary/aromatic N) is 1. The first-order chi connectivity index (χ1) is 13.2. The van der Waals surface area contributed by atoms with Gasteiger partial charge in [0.05, 0.1) is 11.2 Å². The maximum atomic E-state index is 14.8. The predicted octanol–water partition coefficient (Wildman–Crippen LogP) is 7.27. The SMILES string of the molecule is Cl.Fc1ccccc1-c1c2c(nc3ccc(Cl)cc13)-c1ccccc1CCC2. The quantitative estimate of drug-likeness (QED) is 0.322. The number of rotatable bonds is 1. The minimum absolute atomic E-state index is 0. The van der Waals surface area contributed by atoms with Crippen molar-refractivity contribution < 1.29 is 4.39 Å². The highest BCUT2D eigenvalue weighted by atomic mass is 35.5. The van der Waals surface area contributed by atoms with E-state index in [4.69, 9.17) is 16.6 Å². The summed E-state index contributed by atoms with van der Waals surface area (Å²) in [6, 6.07) is 21.1. The van der Waals surface area contributed by atoms with E-state index in [1.54, 1.807) is 6.07 Å². The lowest BCUT2D eigenvalue weighted by Crippen LogP contribution is -2.00. The van der Waals surface area contributed by atoms with Gasteiger partial charge in [-0.25, -0.2) is 9.37 Å². The van der Waals surface area contributed by atoms with E-state index in [9.17, 15) is 4.39 Å². The van der Waals surface area contributed by atoms with Gasteiger partial charge in [0.15, 0.2) is 0 Å². The lowest BCUT2D eigenvalue weighted by molar-refractivity contribution is 0.631. The molecule has 3 aromatic carbocycles. The van der Waals surface area contributed by atoms with Crippen molar-refractivity contribution in [2.45, 2.75) is 19.3 Å². The highest BCUT2D eigenvalue weighted by molar-refractivity contribution is 6.31. The van der Waals surface area contributed by atoms with Gasteiger partial charge >= 0.3 is 0 Å². The summed E-state index contributed by atoms with van der Waals surface area (Å²) in [6.45, 7) is 0. The fourth-order valence-corrected chi connectivity index (χ4v) is 4.31. The monoisotopic (exact) mass is 409 g/mol. The van der Waals surface area contributed by atoms with E-state index in [1.165, 1.54) is 11.6 Å². The molecular formula is C24H18Cl2FN. The van der Waals surface area contributed by atoms with E-state index >= 15 is 0 Å². The van der Waals surface area contributed by atoms with Crippen LogP contribution in [0.2, 0.25) is 5.02 Å². The van der Waals surface area contributed by atoms with Crippen molar-refractivity contribution >= 4 is 34.9 Å². The van der Waals surface area contributed by atoms with E-state index in [0.29, 0.717) is 10.6 Å². The molecule has 4 heteroatoms. The molecule has 0 atom stereocenters. The van der Waals surface area contributed by atoms with E-state index < -0.39 is 0 Å². The topological polar surface area (TPSA) is 12.9 Å². The molecule has 1 heterocycles. The summed E-state index contributed by atoms with van der Waals surface area (Å²) in [7, 11) is 0. The van der Waals surface area contributed by atoms with Crippen molar-refractivity contribution in [2.24, 2.45) is 0 Å². The van der Waals surface area contributed by atoms with Gasteiger partial charge in [0.2, 0.25) is 0 Å². The van der Waals surface area contributed by atoms with E-state index in [1.807, 2.05) is 36.4 Å². The molecule has 1 nitrogen and oxygen atoms in total. The van der Waals surface area contributed by atoms with E-state index in [0.717, 1.165) is 52.5 Å². The summed E-state index contributed by atoms with van der Waals surface area (Å²) in [5, 5.41) is 1.54. The smallest absolute Gasteiger partial charge is 0.131 e. The lowest BCUT2D eigenvalue weighted by Gasteiger charge is -2.17. The molecule has 4 aromatic rings. The average Bonchev–Trinajstić information content (AvgIpc) is 2.86. The molecule has 140 valence electrons. The molecule has 0 saturated carbocycles. The zero-order chi connectivity index (χ0) is 18.4. The fourth-order valence-electron chi connectivity index (χ4n) is 4.14. The van der Waals surface area contributed by atoms with Crippen LogP contribution in [-0.2, 0) is 12.8 Å². The molecule has 1 aliphatic carbocycles. The molecule has 0 saturated heterocycles. The van der Waals surface area contributed by atoms with Crippen molar-refractivity contribution in [1.82, 2.24) is 4.98 Å². The van der Waals surface area contributed by atoms with Crippen LogP contribution in [0.4, 0.5) is 4.39 Å². The molecule has 0 amide bonds. The van der Waals surface area contributed by atoms with Gasteiger partial charge < -0.3 is 0 Å². The largest absolute Gasteiger partial charge is 0.247 e. The van der Waals surface area contributed by atoms with Crippen molar-refractivity contribution in [3.05, 3.63) is 88.7 Å². The van der Waals surface area contributed by atoms with Crippen LogP contribution >= 0.6 is 24.0 Å². The van der Waals surface area contributed by atoms with Crippen molar-refractivity contribution in [3.8, 4) is 22.4 Å². The van der Waals surface area contributed by atoms with Gasteiger partial charge in [-0.15, -0.1) is 12.4 Å². The summed E-state index contributed by atoms with van der Waals surface area (Å²) in [4.78, 5) is 4.99. The van der Waals surface area contributed by atoms with Crippen LogP contribution in [0.15, 0.2) is 66.7 Å². The van der Waals surface area contributed by atoms with E-state index in [-0.39, 0.29) is 18.2 Å². The molecular weight excluding hydrogens is 392 g/mol. The summed E-state index contributed by atoms with van der Waals surface area (Å²) in [5.41, 5.74) is 6.91. The molecule has 28 heavy (non-hydrogen) atoms. The minimum Gasteiger partial charge on any atom is -0.247 e. The van der Waals surface area contributed by atoms with Crippen LogP contribution in [0.5, 0.6) is 0 Å². The molecule has 1 aromatic heterocycles. The Balaban J connectivity index is 0.00000192. The Hall–Kier alpha value is -2.42. The predicted molar refractivity (Wildman–Crippen MR) is 117 cm³/mol. The molecule has 0 spiro atoms.